The summed E-state index contributed by atoms with van der Waals surface area (Å²) >= 11 is 12.4. The molecule has 1 fully saturated rings. The molecule has 1 aliphatic heterocycles. The maximum atomic E-state index is 13.1. The zero-order chi connectivity index (χ0) is 21.9. The Kier molecular flexibility index (Phi) is 7.03. The zero-order valence-corrected chi connectivity index (χ0v) is 18.7. The summed E-state index contributed by atoms with van der Waals surface area (Å²) < 4.78 is 0.0516. The molecule has 30 heavy (non-hydrogen) atoms. The van der Waals surface area contributed by atoms with Crippen LogP contribution in [0.25, 0.3) is 0 Å². The van der Waals surface area contributed by atoms with Crippen LogP contribution in [0.3, 0.4) is 0 Å². The van der Waals surface area contributed by atoms with E-state index in [4.69, 9.17) is 28.9 Å². The van der Waals surface area contributed by atoms with Crippen molar-refractivity contribution in [1.29, 1.82) is 0 Å². The van der Waals surface area contributed by atoms with E-state index in [-0.39, 0.29) is 16.4 Å². The average Bonchev–Trinajstić information content (AvgIpc) is 3.21. The standard InChI is InChI=1S/C22H26Cl2N4O2/c1-15(29)28(2,18-9-10-19(23)20(24)13-18)21(14-27-11-3-4-12-27)16-5-7-17(8-6-16)26-22(25)30/h5-10,13,21H,3-4,11-12,14H2,1-2H3,(H2-,25,26,30)/p+1. The molecule has 1 heterocycles. The second-order valence-electron chi connectivity index (χ2n) is 7.83. The van der Waals surface area contributed by atoms with Crippen LogP contribution >= 0.6 is 23.2 Å². The molecule has 2 aromatic rings. The van der Waals surface area contributed by atoms with E-state index in [1.165, 1.54) is 0 Å². The predicted molar refractivity (Wildman–Crippen MR) is 123 cm³/mol. The number of likely N-dealkylation sites (tertiary alicyclic amines) is 1. The molecule has 2 atom stereocenters. The number of halogens is 2. The molecule has 3 amide bonds. The summed E-state index contributed by atoms with van der Waals surface area (Å²) in [5.41, 5.74) is 7.59. The monoisotopic (exact) mass is 449 g/mol. The van der Waals surface area contributed by atoms with Crippen molar-refractivity contribution in [1.82, 2.24) is 9.38 Å². The van der Waals surface area contributed by atoms with Crippen molar-refractivity contribution in [2.45, 2.75) is 25.8 Å². The fourth-order valence-electron chi connectivity index (χ4n) is 4.06. The first-order valence-corrected chi connectivity index (χ1v) is 10.7. The Morgan fingerprint density at radius 1 is 1.10 bits per heavy atom. The number of urea groups is 1. The summed E-state index contributed by atoms with van der Waals surface area (Å²) in [6.45, 7) is 4.34. The summed E-state index contributed by atoms with van der Waals surface area (Å²) in [5.74, 6) is -0.00285. The number of benzene rings is 2. The highest BCUT2D eigenvalue weighted by molar-refractivity contribution is 6.42. The van der Waals surface area contributed by atoms with Crippen LogP contribution in [0.15, 0.2) is 42.5 Å². The maximum absolute atomic E-state index is 13.1. The number of likely N-dealkylation sites (N-methyl/N-ethyl adjacent to an activating group) is 1. The highest BCUT2D eigenvalue weighted by Gasteiger charge is 2.42. The minimum absolute atomic E-state index is 0.00285. The Balaban J connectivity index is 2.06. The summed E-state index contributed by atoms with van der Waals surface area (Å²) in [5, 5.41) is 3.44. The van der Waals surface area contributed by atoms with Crippen molar-refractivity contribution < 1.29 is 9.59 Å². The van der Waals surface area contributed by atoms with Crippen LogP contribution in [-0.4, -0.2) is 43.5 Å². The van der Waals surface area contributed by atoms with Crippen molar-refractivity contribution >= 4 is 46.5 Å². The Labute approximate surface area is 187 Å². The summed E-state index contributed by atoms with van der Waals surface area (Å²) in [7, 11) is 1.91. The van der Waals surface area contributed by atoms with Crippen molar-refractivity contribution in [2.24, 2.45) is 5.73 Å². The number of primary amides is 1. The highest BCUT2D eigenvalue weighted by Crippen LogP contribution is 2.38. The van der Waals surface area contributed by atoms with Gasteiger partial charge in [0.05, 0.1) is 30.6 Å². The number of carbonyl (C=O) groups is 2. The molecule has 0 aliphatic carbocycles. The van der Waals surface area contributed by atoms with Crippen LogP contribution in [-0.2, 0) is 4.79 Å². The van der Waals surface area contributed by atoms with Crippen molar-refractivity contribution in [2.75, 3.05) is 32.0 Å². The van der Waals surface area contributed by atoms with Gasteiger partial charge in [0.25, 0.3) is 0 Å². The number of nitrogens with one attached hydrogen (secondary N) is 1. The normalized spacial score (nSPS) is 17.3. The van der Waals surface area contributed by atoms with Gasteiger partial charge in [0.2, 0.25) is 0 Å². The Bertz CT molecular complexity index is 929. The van der Waals surface area contributed by atoms with E-state index in [0.717, 1.165) is 43.7 Å². The molecule has 1 saturated heterocycles. The van der Waals surface area contributed by atoms with Gasteiger partial charge in [-0.15, -0.1) is 0 Å². The Morgan fingerprint density at radius 2 is 1.73 bits per heavy atom. The van der Waals surface area contributed by atoms with Gasteiger partial charge in [-0.05, 0) is 44.1 Å². The average molecular weight is 450 g/mol. The number of quaternary nitrogens is 1. The van der Waals surface area contributed by atoms with E-state index < -0.39 is 6.03 Å². The molecular formula is C22H27Cl2N4O2+. The van der Waals surface area contributed by atoms with Crippen molar-refractivity contribution in [3.63, 3.8) is 0 Å². The largest absolute Gasteiger partial charge is 0.351 e. The summed E-state index contributed by atoms with van der Waals surface area (Å²) in [6, 6.07) is 12.0. The maximum Gasteiger partial charge on any atom is 0.316 e. The van der Waals surface area contributed by atoms with Gasteiger partial charge < -0.3 is 11.1 Å². The first-order chi connectivity index (χ1) is 14.2. The van der Waals surface area contributed by atoms with E-state index >= 15 is 0 Å². The molecule has 3 rings (SSSR count). The van der Waals surface area contributed by atoms with Crippen molar-refractivity contribution in [3.8, 4) is 0 Å². The summed E-state index contributed by atoms with van der Waals surface area (Å²) in [4.78, 5) is 26.6. The third kappa shape index (κ3) is 4.78. The molecule has 0 aromatic heterocycles. The third-order valence-electron chi connectivity index (χ3n) is 5.91. The molecule has 0 bridgehead atoms. The molecular weight excluding hydrogens is 423 g/mol. The van der Waals surface area contributed by atoms with E-state index in [0.29, 0.717) is 15.7 Å². The number of anilines is 1. The predicted octanol–water partition coefficient (Wildman–Crippen LogP) is 4.80. The van der Waals surface area contributed by atoms with Crippen LogP contribution in [0.2, 0.25) is 10.0 Å². The number of nitrogens with zero attached hydrogens (tertiary/aromatic N) is 2. The first kappa shape index (κ1) is 22.6. The zero-order valence-electron chi connectivity index (χ0n) is 17.2. The molecule has 2 aromatic carbocycles. The Hall–Kier alpha value is -2.12. The lowest BCUT2D eigenvalue weighted by Crippen LogP contribution is -2.55. The second kappa shape index (κ2) is 9.35. The molecule has 8 heteroatoms. The van der Waals surface area contributed by atoms with E-state index in [1.807, 2.05) is 25.2 Å². The van der Waals surface area contributed by atoms with Crippen LogP contribution in [0.1, 0.15) is 31.4 Å². The van der Waals surface area contributed by atoms with E-state index in [2.05, 4.69) is 10.2 Å². The lowest BCUT2D eigenvalue weighted by Gasteiger charge is -2.40. The molecule has 1 aliphatic rings. The lowest BCUT2D eigenvalue weighted by atomic mass is 10.00. The van der Waals surface area contributed by atoms with Crippen LogP contribution < -0.4 is 15.5 Å². The Morgan fingerprint density at radius 3 is 2.27 bits per heavy atom. The topological polar surface area (TPSA) is 75.4 Å². The minimum atomic E-state index is -0.614. The van der Waals surface area contributed by atoms with Gasteiger partial charge in [-0.3, -0.25) is 4.90 Å². The fourth-order valence-corrected chi connectivity index (χ4v) is 4.35. The SMILES string of the molecule is CC(=O)[N+](C)(c1ccc(Cl)c(Cl)c1)C(CN1CCCC1)c1ccc(NC(N)=O)cc1. The van der Waals surface area contributed by atoms with Gasteiger partial charge in [0.15, 0.2) is 0 Å². The van der Waals surface area contributed by atoms with Gasteiger partial charge in [-0.1, -0.05) is 35.3 Å². The van der Waals surface area contributed by atoms with E-state index in [1.54, 1.807) is 31.2 Å². The second-order valence-corrected chi connectivity index (χ2v) is 8.64. The molecule has 0 spiro atoms. The van der Waals surface area contributed by atoms with Crippen LogP contribution in [0.4, 0.5) is 16.2 Å². The third-order valence-corrected chi connectivity index (χ3v) is 6.65. The lowest BCUT2D eigenvalue weighted by molar-refractivity contribution is -0.129. The number of rotatable bonds is 6. The molecule has 3 N–H and O–H groups in total. The van der Waals surface area contributed by atoms with Crippen LogP contribution in [0.5, 0.6) is 0 Å². The van der Waals surface area contributed by atoms with Gasteiger partial charge in [0, 0.05) is 23.4 Å². The number of hydrogen-bond acceptors (Lipinski definition) is 3. The van der Waals surface area contributed by atoms with Gasteiger partial charge in [-0.25, -0.2) is 14.1 Å². The molecule has 0 radical (unpaired) electrons. The first-order valence-electron chi connectivity index (χ1n) is 9.93. The molecule has 160 valence electrons. The number of hydrogen-bond donors (Lipinski definition) is 2. The highest BCUT2D eigenvalue weighted by atomic mass is 35.5. The van der Waals surface area contributed by atoms with Gasteiger partial charge >= 0.3 is 11.9 Å². The number of carbonyl (C=O) groups excluding carboxylic acids is 2. The van der Waals surface area contributed by atoms with Crippen LogP contribution in [0, 0.1) is 0 Å². The number of amides is 3. The molecule has 2 unspecified atom stereocenters. The van der Waals surface area contributed by atoms with Crippen molar-refractivity contribution in [3.05, 3.63) is 58.1 Å². The fraction of sp³-hybridized carbons (Fsp3) is 0.364. The molecule has 0 saturated carbocycles. The number of nitrogens with two attached hydrogens (primary N) is 1. The van der Waals surface area contributed by atoms with E-state index in [9.17, 15) is 9.59 Å². The van der Waals surface area contributed by atoms with Gasteiger partial charge in [0.1, 0.15) is 11.7 Å². The van der Waals surface area contributed by atoms with Gasteiger partial charge in [-0.2, -0.15) is 0 Å². The quantitative estimate of drug-likeness (QED) is 0.621. The summed E-state index contributed by atoms with van der Waals surface area (Å²) in [6.07, 6.45) is 2.31. The smallest absolute Gasteiger partial charge is 0.316 e. The minimum Gasteiger partial charge on any atom is -0.351 e. The molecule has 6 nitrogen and oxygen atoms in total.